The predicted molar refractivity (Wildman–Crippen MR) is 92.7 cm³/mol. The highest BCUT2D eigenvalue weighted by molar-refractivity contribution is 9.10. The first-order chi connectivity index (χ1) is 11.5. The van der Waals surface area contributed by atoms with E-state index >= 15 is 0 Å². The third kappa shape index (κ3) is 2.72. The second-order valence-electron chi connectivity index (χ2n) is 5.07. The summed E-state index contributed by atoms with van der Waals surface area (Å²) in [5, 5.41) is 22.0. The molecule has 120 valence electrons. The minimum absolute atomic E-state index is 0.0592. The number of benzene rings is 2. The Bertz CT molecular complexity index is 916. The van der Waals surface area contributed by atoms with Crippen molar-refractivity contribution >= 4 is 33.2 Å². The number of nitrogens with one attached hydrogen (secondary N) is 1. The summed E-state index contributed by atoms with van der Waals surface area (Å²) in [6, 6.07) is 10.5. The molecule has 0 fully saturated rings. The van der Waals surface area contributed by atoms with E-state index in [1.807, 2.05) is 0 Å². The number of carbonyl (C=O) groups is 1. The number of aliphatic imine (C=N–C) groups is 1. The largest absolute Gasteiger partial charge is 0.504 e. The number of anilines is 1. The summed E-state index contributed by atoms with van der Waals surface area (Å²) in [4.78, 5) is 16.3. The fraction of sp³-hybridized carbons (Fsp3) is 0.118. The number of amides is 1. The van der Waals surface area contributed by atoms with Crippen molar-refractivity contribution in [3.63, 3.8) is 0 Å². The molecule has 6 nitrogen and oxygen atoms in total. The first-order valence-corrected chi connectivity index (χ1v) is 7.79. The molecule has 2 aromatic rings. The molecule has 0 unspecified atom stereocenters. The molecule has 0 saturated carbocycles. The molecule has 1 amide bonds. The molecule has 2 N–H and O–H groups in total. The van der Waals surface area contributed by atoms with Crippen molar-refractivity contribution in [1.29, 1.82) is 5.26 Å². The van der Waals surface area contributed by atoms with Crippen LogP contribution in [0.15, 0.2) is 39.8 Å². The number of methoxy groups -OCH3 is 1. The van der Waals surface area contributed by atoms with Crippen LogP contribution in [0.25, 0.3) is 0 Å². The summed E-state index contributed by atoms with van der Waals surface area (Å²) in [6.07, 6.45) is 0. The highest BCUT2D eigenvalue weighted by Crippen LogP contribution is 2.43. The Balaban J connectivity index is 2.27. The number of phenolic OH excluding ortho intramolecular Hbond substituents is 1. The molecule has 1 aliphatic rings. The van der Waals surface area contributed by atoms with Crippen LogP contribution < -0.4 is 10.1 Å². The van der Waals surface area contributed by atoms with Crippen molar-refractivity contribution in [2.24, 2.45) is 4.99 Å². The van der Waals surface area contributed by atoms with Gasteiger partial charge in [-0.05, 0) is 34.1 Å². The maximum absolute atomic E-state index is 12.0. The Morgan fingerprint density at radius 1 is 1.42 bits per heavy atom. The number of nitrogens with zero attached hydrogens (tertiary/aromatic N) is 2. The van der Waals surface area contributed by atoms with Crippen molar-refractivity contribution in [3.8, 4) is 17.6 Å². The van der Waals surface area contributed by atoms with Crippen LogP contribution in [0.5, 0.6) is 11.5 Å². The summed E-state index contributed by atoms with van der Waals surface area (Å²) >= 11 is 3.36. The van der Waals surface area contributed by atoms with Crippen molar-refractivity contribution in [2.75, 3.05) is 19.0 Å². The minimum Gasteiger partial charge on any atom is -0.504 e. The monoisotopic (exact) mass is 385 g/mol. The third-order valence-electron chi connectivity index (χ3n) is 3.57. The molecular weight excluding hydrogens is 374 g/mol. The van der Waals surface area contributed by atoms with Gasteiger partial charge >= 0.3 is 0 Å². The minimum atomic E-state index is -0.281. The molecule has 0 aliphatic carbocycles. The highest BCUT2D eigenvalue weighted by atomic mass is 79.9. The lowest BCUT2D eigenvalue weighted by atomic mass is 9.98. The van der Waals surface area contributed by atoms with E-state index < -0.39 is 0 Å². The van der Waals surface area contributed by atoms with E-state index in [0.717, 1.165) is 0 Å². The molecule has 0 atom stereocenters. The van der Waals surface area contributed by atoms with E-state index in [9.17, 15) is 9.90 Å². The fourth-order valence-electron chi connectivity index (χ4n) is 2.52. The van der Waals surface area contributed by atoms with Crippen molar-refractivity contribution < 1.29 is 14.6 Å². The van der Waals surface area contributed by atoms with Crippen LogP contribution in [0.2, 0.25) is 0 Å². The lowest BCUT2D eigenvalue weighted by molar-refractivity contribution is -0.114. The Morgan fingerprint density at radius 2 is 2.21 bits per heavy atom. The lowest BCUT2D eigenvalue weighted by Crippen LogP contribution is -2.14. The molecule has 0 aromatic heterocycles. The van der Waals surface area contributed by atoms with E-state index in [2.05, 4.69) is 32.3 Å². The van der Waals surface area contributed by atoms with Crippen LogP contribution in [-0.4, -0.2) is 30.4 Å². The molecule has 0 spiro atoms. The first kappa shape index (κ1) is 16.0. The number of ether oxygens (including phenoxy) is 1. The quantitative estimate of drug-likeness (QED) is 0.776. The van der Waals surface area contributed by atoms with E-state index in [4.69, 9.17) is 10.00 Å². The van der Waals surface area contributed by atoms with E-state index in [-0.39, 0.29) is 24.0 Å². The maximum Gasteiger partial charge on any atom is 0.246 e. The van der Waals surface area contributed by atoms with Gasteiger partial charge in [0.1, 0.15) is 6.54 Å². The summed E-state index contributed by atoms with van der Waals surface area (Å²) < 4.78 is 5.59. The van der Waals surface area contributed by atoms with Gasteiger partial charge < -0.3 is 15.2 Å². The van der Waals surface area contributed by atoms with Crippen LogP contribution in [0.3, 0.4) is 0 Å². The molecule has 0 radical (unpaired) electrons. The molecule has 2 aromatic carbocycles. The maximum atomic E-state index is 12.0. The Kier molecular flexibility index (Phi) is 4.23. The summed E-state index contributed by atoms with van der Waals surface area (Å²) in [5.41, 5.74) is 2.69. The van der Waals surface area contributed by atoms with Gasteiger partial charge in [0.15, 0.2) is 11.5 Å². The standard InChI is InChI=1S/C17H12BrN3O3/c1-24-17-12(22)6-11-15(10-4-2-3-9(5-10)7-19)20-8-13(23)21-16(11)14(17)18/h2-6,22H,8H2,1H3,(H,21,23). The van der Waals surface area contributed by atoms with Crippen molar-refractivity contribution in [2.45, 2.75) is 0 Å². The number of phenols is 1. The Labute approximate surface area is 146 Å². The number of carbonyl (C=O) groups excluding carboxylic acids is 1. The van der Waals surface area contributed by atoms with Gasteiger partial charge in [0.25, 0.3) is 0 Å². The van der Waals surface area contributed by atoms with Gasteiger partial charge in [-0.1, -0.05) is 12.1 Å². The molecule has 0 bridgehead atoms. The molecule has 1 aliphatic heterocycles. The topological polar surface area (TPSA) is 94.7 Å². The van der Waals surface area contributed by atoms with Gasteiger partial charge in [-0.25, -0.2) is 0 Å². The van der Waals surface area contributed by atoms with Gasteiger partial charge in [-0.2, -0.15) is 5.26 Å². The number of halogens is 1. The van der Waals surface area contributed by atoms with Crippen LogP contribution in [0.4, 0.5) is 5.69 Å². The van der Waals surface area contributed by atoms with Crippen molar-refractivity contribution in [1.82, 2.24) is 0 Å². The third-order valence-corrected chi connectivity index (χ3v) is 4.33. The molecule has 0 saturated heterocycles. The highest BCUT2D eigenvalue weighted by Gasteiger charge is 2.24. The predicted octanol–water partition coefficient (Wildman–Crippen LogP) is 2.82. The molecular formula is C17H12BrN3O3. The molecule has 7 heteroatoms. The van der Waals surface area contributed by atoms with E-state index in [0.29, 0.717) is 32.6 Å². The summed E-state index contributed by atoms with van der Waals surface area (Å²) in [6.45, 7) is -0.0592. The first-order valence-electron chi connectivity index (χ1n) is 6.99. The smallest absolute Gasteiger partial charge is 0.246 e. The van der Waals surface area contributed by atoms with Crippen LogP contribution >= 0.6 is 15.9 Å². The van der Waals surface area contributed by atoms with Gasteiger partial charge in [0, 0.05) is 11.1 Å². The van der Waals surface area contributed by atoms with E-state index in [1.165, 1.54) is 13.2 Å². The molecule has 3 rings (SSSR count). The zero-order chi connectivity index (χ0) is 17.3. The van der Waals surface area contributed by atoms with Crippen LogP contribution in [-0.2, 0) is 4.79 Å². The zero-order valence-corrected chi connectivity index (χ0v) is 14.2. The molecule has 1 heterocycles. The second-order valence-corrected chi connectivity index (χ2v) is 5.86. The number of aromatic hydroxyl groups is 1. The van der Waals surface area contributed by atoms with Gasteiger partial charge in [-0.15, -0.1) is 0 Å². The second kappa shape index (κ2) is 6.34. The number of hydrogen-bond donors (Lipinski definition) is 2. The van der Waals surface area contributed by atoms with Crippen LogP contribution in [0.1, 0.15) is 16.7 Å². The van der Waals surface area contributed by atoms with Gasteiger partial charge in [0.05, 0.1) is 34.6 Å². The number of rotatable bonds is 2. The summed E-state index contributed by atoms with van der Waals surface area (Å²) in [5.74, 6) is -0.138. The van der Waals surface area contributed by atoms with Crippen molar-refractivity contribution in [3.05, 3.63) is 51.5 Å². The fourth-order valence-corrected chi connectivity index (χ4v) is 3.20. The number of benzodiazepines with no additional fused rings is 1. The van der Waals surface area contributed by atoms with E-state index in [1.54, 1.807) is 24.3 Å². The number of hydrogen-bond acceptors (Lipinski definition) is 5. The van der Waals surface area contributed by atoms with Gasteiger partial charge in [-0.3, -0.25) is 9.79 Å². The Hall–Kier alpha value is -2.85. The van der Waals surface area contributed by atoms with Gasteiger partial charge in [0.2, 0.25) is 5.91 Å². The number of nitriles is 1. The summed E-state index contributed by atoms with van der Waals surface area (Å²) in [7, 11) is 1.43. The molecule has 24 heavy (non-hydrogen) atoms. The lowest BCUT2D eigenvalue weighted by Gasteiger charge is -2.16. The average Bonchev–Trinajstić information content (AvgIpc) is 2.74. The zero-order valence-electron chi connectivity index (χ0n) is 12.6. The SMILES string of the molecule is COc1c(O)cc2c(c1Br)NC(=O)CN=C2c1cccc(C#N)c1. The van der Waals surface area contributed by atoms with Crippen LogP contribution in [0, 0.1) is 11.3 Å². The average molecular weight is 386 g/mol. The Morgan fingerprint density at radius 3 is 2.92 bits per heavy atom. The number of fused-ring (bicyclic) bond motifs is 1. The normalized spacial score (nSPS) is 13.2.